The van der Waals surface area contributed by atoms with Gasteiger partial charge < -0.3 is 9.64 Å². The Labute approximate surface area is 87.4 Å². The minimum Gasteiger partial charge on any atom is -0.446 e. The highest BCUT2D eigenvalue weighted by Crippen LogP contribution is 2.23. The summed E-state index contributed by atoms with van der Waals surface area (Å²) in [6.07, 6.45) is 0.154. The second-order valence-corrected chi connectivity index (χ2v) is 4.23. The summed E-state index contributed by atoms with van der Waals surface area (Å²) in [5.41, 5.74) is 0. The molecule has 1 saturated carbocycles. The fraction of sp³-hybridized carbons (Fsp3) is 0.900. The number of amides is 1. The van der Waals surface area contributed by atoms with Crippen LogP contribution in [-0.4, -0.2) is 42.5 Å². The van der Waals surface area contributed by atoms with Gasteiger partial charge in [0.1, 0.15) is 6.10 Å². The standard InChI is InChI=1S/C10H15F2NO2/c11-8-5-13(6-9(8)12)10(14)15-7-3-1-2-4-7/h7-9H,1-6H2/t8-,9+. The third-order valence-corrected chi connectivity index (χ3v) is 3.01. The summed E-state index contributed by atoms with van der Waals surface area (Å²) in [5, 5.41) is 0. The van der Waals surface area contributed by atoms with Crippen molar-refractivity contribution < 1.29 is 18.3 Å². The van der Waals surface area contributed by atoms with Crippen molar-refractivity contribution >= 4 is 6.09 Å². The van der Waals surface area contributed by atoms with Crippen molar-refractivity contribution in [2.45, 2.75) is 44.1 Å². The molecule has 2 rings (SSSR count). The highest BCUT2D eigenvalue weighted by atomic mass is 19.2. The van der Waals surface area contributed by atoms with E-state index in [1.54, 1.807) is 0 Å². The highest BCUT2D eigenvalue weighted by molar-refractivity contribution is 5.68. The van der Waals surface area contributed by atoms with E-state index >= 15 is 0 Å². The van der Waals surface area contributed by atoms with Crippen LogP contribution < -0.4 is 0 Å². The molecular weight excluding hydrogens is 204 g/mol. The fourth-order valence-corrected chi connectivity index (χ4v) is 2.10. The van der Waals surface area contributed by atoms with E-state index in [-0.39, 0.29) is 19.2 Å². The summed E-state index contributed by atoms with van der Waals surface area (Å²) in [7, 11) is 0. The van der Waals surface area contributed by atoms with Gasteiger partial charge in [0.2, 0.25) is 0 Å². The van der Waals surface area contributed by atoms with Gasteiger partial charge in [0.05, 0.1) is 13.1 Å². The van der Waals surface area contributed by atoms with Crippen LogP contribution in [0.25, 0.3) is 0 Å². The van der Waals surface area contributed by atoms with E-state index in [0.29, 0.717) is 0 Å². The molecule has 0 aromatic heterocycles. The average Bonchev–Trinajstić information content (AvgIpc) is 2.78. The first-order chi connectivity index (χ1) is 7.16. The van der Waals surface area contributed by atoms with E-state index in [9.17, 15) is 13.6 Å². The third kappa shape index (κ3) is 2.38. The number of nitrogens with zero attached hydrogens (tertiary/aromatic N) is 1. The fourth-order valence-electron chi connectivity index (χ4n) is 2.10. The molecule has 0 radical (unpaired) electrons. The second kappa shape index (κ2) is 4.33. The molecule has 5 heteroatoms. The van der Waals surface area contributed by atoms with Gasteiger partial charge in [0, 0.05) is 0 Å². The largest absolute Gasteiger partial charge is 0.446 e. The maximum Gasteiger partial charge on any atom is 0.410 e. The zero-order valence-corrected chi connectivity index (χ0v) is 8.49. The number of halogens is 2. The predicted octanol–water partition coefficient (Wildman–Crippen LogP) is 2.06. The molecule has 1 amide bonds. The molecule has 15 heavy (non-hydrogen) atoms. The van der Waals surface area contributed by atoms with Crippen molar-refractivity contribution in [2.24, 2.45) is 0 Å². The van der Waals surface area contributed by atoms with Crippen LogP contribution in [0, 0.1) is 0 Å². The van der Waals surface area contributed by atoms with E-state index in [2.05, 4.69) is 0 Å². The Morgan fingerprint density at radius 2 is 1.67 bits per heavy atom. The molecule has 1 aliphatic heterocycles. The van der Waals surface area contributed by atoms with E-state index < -0.39 is 18.4 Å². The Morgan fingerprint density at radius 3 is 2.20 bits per heavy atom. The van der Waals surface area contributed by atoms with Crippen LogP contribution in [0.15, 0.2) is 0 Å². The molecule has 2 aliphatic rings. The molecule has 3 nitrogen and oxygen atoms in total. The van der Waals surface area contributed by atoms with Crippen molar-refractivity contribution in [3.63, 3.8) is 0 Å². The van der Waals surface area contributed by atoms with Gasteiger partial charge in [-0.2, -0.15) is 0 Å². The molecule has 0 bridgehead atoms. The Morgan fingerprint density at radius 1 is 1.13 bits per heavy atom. The molecule has 86 valence electrons. The zero-order chi connectivity index (χ0) is 10.8. The van der Waals surface area contributed by atoms with Crippen molar-refractivity contribution in [1.29, 1.82) is 0 Å². The number of rotatable bonds is 1. The summed E-state index contributed by atoms with van der Waals surface area (Å²) >= 11 is 0. The lowest BCUT2D eigenvalue weighted by atomic mass is 10.3. The molecular formula is C10H15F2NO2. The Balaban J connectivity index is 1.81. The maximum atomic E-state index is 12.8. The Bertz CT molecular complexity index is 234. The first kappa shape index (κ1) is 10.6. The van der Waals surface area contributed by atoms with E-state index in [1.807, 2.05) is 0 Å². The lowest BCUT2D eigenvalue weighted by molar-refractivity contribution is 0.0692. The monoisotopic (exact) mass is 219 g/mol. The van der Waals surface area contributed by atoms with Crippen molar-refractivity contribution in [2.75, 3.05) is 13.1 Å². The molecule has 2 fully saturated rings. The number of ether oxygens (including phenoxy) is 1. The van der Waals surface area contributed by atoms with Crippen LogP contribution in [0.5, 0.6) is 0 Å². The summed E-state index contributed by atoms with van der Waals surface area (Å²) < 4.78 is 30.8. The predicted molar refractivity (Wildman–Crippen MR) is 50.1 cm³/mol. The average molecular weight is 219 g/mol. The van der Waals surface area contributed by atoms with Gasteiger partial charge in [-0.15, -0.1) is 0 Å². The molecule has 1 heterocycles. The minimum absolute atomic E-state index is 0.0470. The van der Waals surface area contributed by atoms with Crippen molar-refractivity contribution in [3.8, 4) is 0 Å². The number of hydrogen-bond donors (Lipinski definition) is 0. The van der Waals surface area contributed by atoms with Gasteiger partial charge in [0.25, 0.3) is 0 Å². The van der Waals surface area contributed by atoms with Gasteiger partial charge in [-0.25, -0.2) is 13.6 Å². The van der Waals surface area contributed by atoms with Crippen LogP contribution in [0.1, 0.15) is 25.7 Å². The summed E-state index contributed by atoms with van der Waals surface area (Å²) in [5.74, 6) is 0. The lowest BCUT2D eigenvalue weighted by Crippen LogP contribution is -2.32. The van der Waals surface area contributed by atoms with E-state index in [1.165, 1.54) is 0 Å². The first-order valence-corrected chi connectivity index (χ1v) is 5.40. The third-order valence-electron chi connectivity index (χ3n) is 3.01. The normalized spacial score (nSPS) is 32.3. The van der Waals surface area contributed by atoms with Gasteiger partial charge in [-0.3, -0.25) is 0 Å². The molecule has 0 spiro atoms. The molecule has 0 unspecified atom stereocenters. The van der Waals surface area contributed by atoms with Gasteiger partial charge >= 0.3 is 6.09 Å². The smallest absolute Gasteiger partial charge is 0.410 e. The van der Waals surface area contributed by atoms with E-state index in [4.69, 9.17) is 4.74 Å². The van der Waals surface area contributed by atoms with Crippen LogP contribution in [0.4, 0.5) is 13.6 Å². The Kier molecular flexibility index (Phi) is 3.07. The highest BCUT2D eigenvalue weighted by Gasteiger charge is 2.37. The molecule has 0 N–H and O–H groups in total. The topological polar surface area (TPSA) is 29.5 Å². The summed E-state index contributed by atoms with van der Waals surface area (Å²) in [6.45, 7) is -0.348. The number of likely N-dealkylation sites (tertiary alicyclic amines) is 1. The molecule has 2 atom stereocenters. The summed E-state index contributed by atoms with van der Waals surface area (Å²) in [4.78, 5) is 12.6. The zero-order valence-electron chi connectivity index (χ0n) is 8.49. The second-order valence-electron chi connectivity index (χ2n) is 4.23. The number of carbonyl (C=O) groups is 1. The van der Waals surface area contributed by atoms with Crippen molar-refractivity contribution in [3.05, 3.63) is 0 Å². The van der Waals surface area contributed by atoms with Crippen molar-refractivity contribution in [1.82, 2.24) is 4.90 Å². The lowest BCUT2D eigenvalue weighted by Gasteiger charge is -2.18. The Hall–Kier alpha value is -0.870. The molecule has 0 aromatic carbocycles. The molecule has 1 saturated heterocycles. The molecule has 1 aliphatic carbocycles. The van der Waals surface area contributed by atoms with Gasteiger partial charge in [0.15, 0.2) is 12.3 Å². The van der Waals surface area contributed by atoms with Gasteiger partial charge in [-0.05, 0) is 25.7 Å². The number of alkyl halides is 2. The quantitative estimate of drug-likeness (QED) is 0.675. The molecule has 0 aromatic rings. The SMILES string of the molecule is O=C(OC1CCCC1)N1C[C@@H](F)[C@@H](F)C1. The first-order valence-electron chi connectivity index (χ1n) is 5.40. The number of hydrogen-bond acceptors (Lipinski definition) is 2. The minimum atomic E-state index is -1.55. The van der Waals surface area contributed by atoms with Gasteiger partial charge in [-0.1, -0.05) is 0 Å². The number of carbonyl (C=O) groups excluding carboxylic acids is 1. The van der Waals surface area contributed by atoms with Crippen LogP contribution >= 0.6 is 0 Å². The van der Waals surface area contributed by atoms with Crippen LogP contribution in [0.3, 0.4) is 0 Å². The van der Waals surface area contributed by atoms with Crippen LogP contribution in [0.2, 0.25) is 0 Å². The summed E-state index contributed by atoms with van der Waals surface area (Å²) in [6, 6.07) is 0. The van der Waals surface area contributed by atoms with E-state index in [0.717, 1.165) is 30.6 Å². The maximum absolute atomic E-state index is 12.8. The van der Waals surface area contributed by atoms with Crippen LogP contribution in [-0.2, 0) is 4.74 Å².